The highest BCUT2D eigenvalue weighted by atomic mass is 16.5. The maximum absolute atomic E-state index is 5.89. The number of aryl methyl sites for hydroxylation is 2. The van der Waals surface area contributed by atoms with E-state index < -0.39 is 0 Å². The number of nitrogens with one attached hydrogen (secondary N) is 1. The van der Waals surface area contributed by atoms with Gasteiger partial charge in [0, 0.05) is 38.5 Å². The van der Waals surface area contributed by atoms with Crippen molar-refractivity contribution in [1.82, 2.24) is 14.9 Å². The quantitative estimate of drug-likeness (QED) is 0.837. The fourth-order valence-electron chi connectivity index (χ4n) is 2.80. The SMILES string of the molecule is CCNC(CCc1nccn1C)C1OCCC1C. The lowest BCUT2D eigenvalue weighted by atomic mass is 9.94. The summed E-state index contributed by atoms with van der Waals surface area (Å²) < 4.78 is 7.99. The molecule has 102 valence electrons. The number of hydrogen-bond acceptors (Lipinski definition) is 3. The molecular formula is C14H25N3O. The van der Waals surface area contributed by atoms with Gasteiger partial charge in [0.15, 0.2) is 0 Å². The summed E-state index contributed by atoms with van der Waals surface area (Å²) in [5.74, 6) is 1.82. The molecule has 1 N–H and O–H groups in total. The number of nitrogens with zero attached hydrogens (tertiary/aromatic N) is 2. The van der Waals surface area contributed by atoms with Gasteiger partial charge in [-0.05, 0) is 25.3 Å². The summed E-state index contributed by atoms with van der Waals surface area (Å²) in [4.78, 5) is 4.39. The fraction of sp³-hybridized carbons (Fsp3) is 0.786. The van der Waals surface area contributed by atoms with Gasteiger partial charge >= 0.3 is 0 Å². The van der Waals surface area contributed by atoms with Gasteiger partial charge in [-0.1, -0.05) is 13.8 Å². The molecule has 4 heteroatoms. The molecule has 3 atom stereocenters. The van der Waals surface area contributed by atoms with Crippen LogP contribution in [-0.2, 0) is 18.2 Å². The molecule has 1 aromatic heterocycles. The van der Waals surface area contributed by atoms with E-state index in [9.17, 15) is 0 Å². The van der Waals surface area contributed by atoms with Crippen molar-refractivity contribution in [2.45, 2.75) is 45.3 Å². The Morgan fingerprint density at radius 2 is 2.44 bits per heavy atom. The minimum atomic E-state index is 0.366. The van der Waals surface area contributed by atoms with Gasteiger partial charge in [-0.3, -0.25) is 0 Å². The van der Waals surface area contributed by atoms with Crippen LogP contribution in [0, 0.1) is 5.92 Å². The van der Waals surface area contributed by atoms with Crippen LogP contribution in [0.5, 0.6) is 0 Å². The normalized spacial score (nSPS) is 25.5. The minimum absolute atomic E-state index is 0.366. The molecule has 0 bridgehead atoms. The first kappa shape index (κ1) is 13.6. The third-order valence-corrected chi connectivity index (χ3v) is 3.91. The Bertz CT molecular complexity index is 364. The van der Waals surface area contributed by atoms with E-state index in [1.807, 2.05) is 12.4 Å². The van der Waals surface area contributed by atoms with Crippen molar-refractivity contribution in [3.63, 3.8) is 0 Å². The molecule has 1 fully saturated rings. The Morgan fingerprint density at radius 3 is 3.00 bits per heavy atom. The molecule has 2 heterocycles. The lowest BCUT2D eigenvalue weighted by molar-refractivity contribution is 0.0586. The highest BCUT2D eigenvalue weighted by Crippen LogP contribution is 2.24. The summed E-state index contributed by atoms with van der Waals surface area (Å²) in [6.45, 7) is 6.37. The first-order chi connectivity index (χ1) is 8.72. The molecule has 1 saturated heterocycles. The number of hydrogen-bond donors (Lipinski definition) is 1. The highest BCUT2D eigenvalue weighted by Gasteiger charge is 2.31. The van der Waals surface area contributed by atoms with Gasteiger partial charge in [-0.2, -0.15) is 0 Å². The number of aromatic nitrogens is 2. The van der Waals surface area contributed by atoms with E-state index in [0.717, 1.165) is 31.8 Å². The summed E-state index contributed by atoms with van der Waals surface area (Å²) in [5.41, 5.74) is 0. The van der Waals surface area contributed by atoms with Crippen LogP contribution in [0.4, 0.5) is 0 Å². The first-order valence-electron chi connectivity index (χ1n) is 7.03. The molecule has 1 aromatic rings. The fourth-order valence-corrected chi connectivity index (χ4v) is 2.80. The molecule has 2 rings (SSSR count). The largest absolute Gasteiger partial charge is 0.376 e. The van der Waals surface area contributed by atoms with Crippen LogP contribution in [0.2, 0.25) is 0 Å². The van der Waals surface area contributed by atoms with Crippen molar-refractivity contribution >= 4 is 0 Å². The second-order valence-corrected chi connectivity index (χ2v) is 5.26. The predicted molar refractivity (Wildman–Crippen MR) is 72.5 cm³/mol. The van der Waals surface area contributed by atoms with Crippen molar-refractivity contribution in [2.75, 3.05) is 13.2 Å². The van der Waals surface area contributed by atoms with Gasteiger partial charge in [-0.25, -0.2) is 4.98 Å². The first-order valence-corrected chi connectivity index (χ1v) is 7.03. The Kier molecular flexibility index (Phi) is 4.78. The molecule has 18 heavy (non-hydrogen) atoms. The second kappa shape index (κ2) is 6.34. The Hall–Kier alpha value is -0.870. The van der Waals surface area contributed by atoms with Crippen LogP contribution in [0.1, 0.15) is 32.5 Å². The van der Waals surface area contributed by atoms with Gasteiger partial charge in [-0.15, -0.1) is 0 Å². The standard InChI is InChI=1S/C14H25N3O/c1-4-15-12(14-11(2)7-10-18-14)5-6-13-16-8-9-17(13)3/h8-9,11-12,14-15H,4-7,10H2,1-3H3. The molecule has 0 aliphatic carbocycles. The molecule has 0 saturated carbocycles. The van der Waals surface area contributed by atoms with E-state index in [1.165, 1.54) is 6.42 Å². The van der Waals surface area contributed by atoms with E-state index >= 15 is 0 Å². The van der Waals surface area contributed by atoms with Gasteiger partial charge in [0.1, 0.15) is 5.82 Å². The molecule has 1 aliphatic rings. The molecular weight excluding hydrogens is 226 g/mol. The van der Waals surface area contributed by atoms with E-state index in [-0.39, 0.29) is 0 Å². The van der Waals surface area contributed by atoms with Crippen molar-refractivity contribution < 1.29 is 4.74 Å². The van der Waals surface area contributed by atoms with Crippen molar-refractivity contribution in [1.29, 1.82) is 0 Å². The van der Waals surface area contributed by atoms with E-state index in [0.29, 0.717) is 18.1 Å². The van der Waals surface area contributed by atoms with Crippen LogP contribution < -0.4 is 5.32 Å². The third-order valence-electron chi connectivity index (χ3n) is 3.91. The van der Waals surface area contributed by atoms with Gasteiger partial charge < -0.3 is 14.6 Å². The monoisotopic (exact) mass is 251 g/mol. The van der Waals surface area contributed by atoms with Crippen LogP contribution in [-0.4, -0.2) is 34.8 Å². The Balaban J connectivity index is 1.92. The number of likely N-dealkylation sites (N-methyl/N-ethyl adjacent to an activating group) is 1. The summed E-state index contributed by atoms with van der Waals surface area (Å²) in [6, 6.07) is 0.448. The maximum atomic E-state index is 5.89. The van der Waals surface area contributed by atoms with E-state index in [4.69, 9.17) is 4.74 Å². The van der Waals surface area contributed by atoms with Crippen LogP contribution in [0.3, 0.4) is 0 Å². The zero-order valence-electron chi connectivity index (χ0n) is 11.7. The number of rotatable bonds is 6. The highest BCUT2D eigenvalue weighted by molar-refractivity contribution is 4.94. The smallest absolute Gasteiger partial charge is 0.108 e. The summed E-state index contributed by atoms with van der Waals surface area (Å²) in [7, 11) is 2.05. The lowest BCUT2D eigenvalue weighted by Gasteiger charge is -2.26. The van der Waals surface area contributed by atoms with Crippen molar-refractivity contribution in [3.05, 3.63) is 18.2 Å². The minimum Gasteiger partial charge on any atom is -0.376 e. The number of ether oxygens (including phenoxy) is 1. The van der Waals surface area contributed by atoms with Crippen LogP contribution in [0.25, 0.3) is 0 Å². The Morgan fingerprint density at radius 1 is 1.61 bits per heavy atom. The molecule has 4 nitrogen and oxygen atoms in total. The topological polar surface area (TPSA) is 39.1 Å². The van der Waals surface area contributed by atoms with Gasteiger partial charge in [0.05, 0.1) is 6.10 Å². The zero-order valence-corrected chi connectivity index (χ0v) is 11.7. The molecule has 0 radical (unpaired) electrons. The van der Waals surface area contributed by atoms with E-state index in [2.05, 4.69) is 35.8 Å². The lowest BCUT2D eigenvalue weighted by Crippen LogP contribution is -2.42. The summed E-state index contributed by atoms with van der Waals surface area (Å²) in [5, 5.41) is 3.57. The van der Waals surface area contributed by atoms with Crippen LogP contribution in [0.15, 0.2) is 12.4 Å². The van der Waals surface area contributed by atoms with Gasteiger partial charge in [0.25, 0.3) is 0 Å². The van der Waals surface area contributed by atoms with E-state index in [1.54, 1.807) is 0 Å². The predicted octanol–water partition coefficient (Wildman–Crippen LogP) is 1.76. The molecule has 0 spiro atoms. The average Bonchev–Trinajstić information content (AvgIpc) is 2.94. The molecule has 0 aromatic carbocycles. The Labute approximate surface area is 110 Å². The van der Waals surface area contributed by atoms with Crippen LogP contribution >= 0.6 is 0 Å². The molecule has 0 amide bonds. The van der Waals surface area contributed by atoms with Gasteiger partial charge in [0.2, 0.25) is 0 Å². The zero-order chi connectivity index (χ0) is 13.0. The van der Waals surface area contributed by atoms with Crippen molar-refractivity contribution in [2.24, 2.45) is 13.0 Å². The molecule has 1 aliphatic heterocycles. The second-order valence-electron chi connectivity index (χ2n) is 5.26. The average molecular weight is 251 g/mol. The molecule has 3 unspecified atom stereocenters. The maximum Gasteiger partial charge on any atom is 0.108 e. The summed E-state index contributed by atoms with van der Waals surface area (Å²) in [6.07, 6.45) is 7.53. The number of imidazole rings is 1. The van der Waals surface area contributed by atoms with Crippen molar-refractivity contribution in [3.8, 4) is 0 Å². The summed E-state index contributed by atoms with van der Waals surface area (Å²) >= 11 is 0. The third kappa shape index (κ3) is 3.12.